The van der Waals surface area contributed by atoms with E-state index in [9.17, 15) is 20.4 Å². The maximum absolute atomic E-state index is 12.2. The molecule has 8 aromatic carbocycles. The van der Waals surface area contributed by atoms with Crippen LogP contribution in [-0.4, -0.2) is 20.4 Å². The molecule has 0 saturated heterocycles. The van der Waals surface area contributed by atoms with Crippen molar-refractivity contribution in [2.24, 2.45) is 0 Å². The van der Waals surface area contributed by atoms with E-state index in [2.05, 4.69) is 127 Å². The third-order valence-electron chi connectivity index (χ3n) is 12.6. The summed E-state index contributed by atoms with van der Waals surface area (Å²) in [4.78, 5) is 1.74. The van der Waals surface area contributed by atoms with Gasteiger partial charge in [0.05, 0.1) is 5.56 Å². The van der Waals surface area contributed by atoms with Crippen LogP contribution >= 0.6 is 0 Å². The Hall–Kier alpha value is -8.02. The number of hydrogen-bond donors (Lipinski definition) is 4. The van der Waals surface area contributed by atoms with E-state index in [0.29, 0.717) is 23.4 Å². The van der Waals surface area contributed by atoms with Gasteiger partial charge in [0.1, 0.15) is 5.69 Å². The van der Waals surface area contributed by atoms with Crippen LogP contribution in [0, 0.1) is 0 Å². The quantitative estimate of drug-likeness (QED) is 0.0503. The Kier molecular flexibility index (Phi) is 11.7. The average Bonchev–Trinajstić information content (AvgIpc) is 3.46. The minimum Gasteiger partial charge on any atom is -0.504 e. The van der Waals surface area contributed by atoms with Crippen molar-refractivity contribution in [3.63, 3.8) is 0 Å². The van der Waals surface area contributed by atoms with Crippen molar-refractivity contribution in [3.8, 4) is 56.4 Å². The Labute approximate surface area is 380 Å². The summed E-state index contributed by atoms with van der Waals surface area (Å²) in [5.41, 5.74) is 8.34. The molecule has 8 aromatic rings. The lowest BCUT2D eigenvalue weighted by Gasteiger charge is -2.34. The second kappa shape index (κ2) is 18.0. The van der Waals surface area contributed by atoms with Crippen molar-refractivity contribution in [3.05, 3.63) is 223 Å². The molecular formula is C60H51NO4. The molecule has 0 bridgehead atoms. The second-order valence-corrected chi connectivity index (χ2v) is 16.1. The first-order valence-electron chi connectivity index (χ1n) is 22.3. The van der Waals surface area contributed by atoms with Crippen LogP contribution < -0.4 is 4.90 Å². The molecule has 0 aromatic heterocycles. The predicted octanol–water partition coefficient (Wildman–Crippen LogP) is 15.9. The number of phenols is 4. The zero-order chi connectivity index (χ0) is 45.1. The van der Waals surface area contributed by atoms with Gasteiger partial charge in [-0.15, -0.1) is 0 Å². The Balaban J connectivity index is 0.00000263. The molecular weight excluding hydrogens is 799 g/mol. The summed E-state index contributed by atoms with van der Waals surface area (Å²) in [7, 11) is 0. The lowest BCUT2D eigenvalue weighted by atomic mass is 9.69. The van der Waals surface area contributed by atoms with Crippen LogP contribution in [0.5, 0.6) is 23.0 Å². The molecule has 0 heterocycles. The minimum atomic E-state index is -0.606. The first-order chi connectivity index (χ1) is 31.9. The largest absolute Gasteiger partial charge is 0.504 e. The summed E-state index contributed by atoms with van der Waals surface area (Å²) in [6, 6.07) is 50.5. The lowest BCUT2D eigenvalue weighted by molar-refractivity contribution is 0.377. The molecule has 1 unspecified atom stereocenters. The van der Waals surface area contributed by atoms with Gasteiger partial charge >= 0.3 is 0 Å². The fraction of sp³-hybridized carbons (Fsp3) is 0.100. The van der Waals surface area contributed by atoms with Crippen LogP contribution in [0.25, 0.3) is 54.9 Å². The van der Waals surface area contributed by atoms with Crippen molar-refractivity contribution in [2.75, 3.05) is 4.90 Å². The summed E-state index contributed by atoms with van der Waals surface area (Å²) in [5, 5.41) is 52.6. The first-order valence-corrected chi connectivity index (χ1v) is 22.3. The van der Waals surface area contributed by atoms with E-state index < -0.39 is 28.4 Å². The number of rotatable bonds is 9. The van der Waals surface area contributed by atoms with Gasteiger partial charge in [0, 0.05) is 16.8 Å². The van der Waals surface area contributed by atoms with E-state index in [1.807, 2.05) is 75.4 Å². The number of fused-ring (bicyclic) bond motifs is 6. The number of nitrogens with zero attached hydrogens (tertiary/aromatic N) is 1. The summed E-state index contributed by atoms with van der Waals surface area (Å²) >= 11 is 0. The monoisotopic (exact) mass is 849 g/mol. The van der Waals surface area contributed by atoms with E-state index in [1.165, 1.54) is 5.56 Å². The third kappa shape index (κ3) is 7.25. The number of phenolic OH excluding ortho intramolecular Hbond substituents is 4. The molecule has 4 N–H and O–H groups in total. The highest BCUT2D eigenvalue weighted by atomic mass is 16.3. The molecule has 1 atom stereocenters. The first kappa shape index (κ1) is 42.3. The highest BCUT2D eigenvalue weighted by Gasteiger charge is 2.45. The van der Waals surface area contributed by atoms with Gasteiger partial charge in [0.25, 0.3) is 0 Å². The molecule has 0 aliphatic heterocycles. The van der Waals surface area contributed by atoms with E-state index in [4.69, 9.17) is 0 Å². The van der Waals surface area contributed by atoms with E-state index in [1.54, 1.807) is 29.2 Å². The Morgan fingerprint density at radius 1 is 0.554 bits per heavy atom. The highest BCUT2D eigenvalue weighted by Crippen LogP contribution is 2.60. The van der Waals surface area contributed by atoms with Gasteiger partial charge in [0.15, 0.2) is 23.0 Å². The molecule has 2 aliphatic carbocycles. The smallest absolute Gasteiger partial charge is 0.186 e. The number of benzene rings is 8. The van der Waals surface area contributed by atoms with E-state index in [-0.39, 0.29) is 11.3 Å². The third-order valence-corrected chi connectivity index (χ3v) is 12.6. The molecule has 10 rings (SSSR count). The van der Waals surface area contributed by atoms with Gasteiger partial charge < -0.3 is 25.3 Å². The predicted molar refractivity (Wildman–Crippen MR) is 271 cm³/mol. The van der Waals surface area contributed by atoms with Gasteiger partial charge in [-0.3, -0.25) is 0 Å². The molecule has 5 heteroatoms. The number of aromatic hydroxyl groups is 4. The minimum absolute atomic E-state index is 0.0669. The van der Waals surface area contributed by atoms with E-state index >= 15 is 0 Å². The molecule has 320 valence electrons. The van der Waals surface area contributed by atoms with Gasteiger partial charge in [-0.25, -0.2) is 0 Å². The molecule has 5 nitrogen and oxygen atoms in total. The van der Waals surface area contributed by atoms with Crippen LogP contribution in [0.3, 0.4) is 0 Å². The summed E-state index contributed by atoms with van der Waals surface area (Å²) in [6.07, 6.45) is 20.7. The average molecular weight is 850 g/mol. The maximum Gasteiger partial charge on any atom is 0.186 e. The Bertz CT molecular complexity index is 3220. The van der Waals surface area contributed by atoms with Gasteiger partial charge in [-0.2, -0.15) is 0 Å². The van der Waals surface area contributed by atoms with Gasteiger partial charge in [-0.1, -0.05) is 190 Å². The Morgan fingerprint density at radius 2 is 1.22 bits per heavy atom. The topological polar surface area (TPSA) is 84.2 Å². The molecule has 65 heavy (non-hydrogen) atoms. The van der Waals surface area contributed by atoms with Crippen LogP contribution in [0.15, 0.2) is 212 Å². The van der Waals surface area contributed by atoms with Gasteiger partial charge in [-0.05, 0) is 116 Å². The second-order valence-electron chi connectivity index (χ2n) is 16.1. The van der Waals surface area contributed by atoms with Crippen LogP contribution in [0.2, 0.25) is 0 Å². The van der Waals surface area contributed by atoms with Crippen LogP contribution in [-0.2, 0) is 5.41 Å². The highest BCUT2D eigenvalue weighted by molar-refractivity contribution is 6.14. The number of anilines is 3. The fourth-order valence-electron chi connectivity index (χ4n) is 9.76. The molecule has 0 spiro atoms. The molecule has 0 saturated carbocycles. The molecule has 0 fully saturated rings. The Morgan fingerprint density at radius 3 is 2.00 bits per heavy atom. The summed E-state index contributed by atoms with van der Waals surface area (Å²) in [6.45, 7) is 6.01. The number of allylic oxidation sites excluding steroid dienone is 10. The lowest BCUT2D eigenvalue weighted by Crippen LogP contribution is -2.27. The van der Waals surface area contributed by atoms with Crippen molar-refractivity contribution in [2.45, 2.75) is 39.0 Å². The zero-order valence-electron chi connectivity index (χ0n) is 36.8. The van der Waals surface area contributed by atoms with E-state index in [0.717, 1.165) is 61.4 Å². The fourth-order valence-corrected chi connectivity index (χ4v) is 9.76. The maximum atomic E-state index is 12.2. The normalized spacial score (nSPS) is 15.2. The zero-order valence-corrected chi connectivity index (χ0v) is 36.8. The van der Waals surface area contributed by atoms with Crippen molar-refractivity contribution in [1.82, 2.24) is 0 Å². The summed E-state index contributed by atoms with van der Waals surface area (Å²) < 4.78 is 0. The summed E-state index contributed by atoms with van der Waals surface area (Å²) in [5.74, 6) is -2.25. The standard InChI is InChI=1S/C58H45NO4.C2H6/c1-2-3-4-18-34-58(41-24-10-5-6-11-25-41)50-31-17-16-30-47(50)48-33-32-43(37-51(48)58)59(53-56(62)54(60)52(55(61)57(53)63)38-20-8-7-9-21-38)42-26-19-23-39(35-42)49-36-40-22-12-13-27-44(40)45-28-14-15-29-46(45)49;1-2/h2-10,12-33,35-37,60-63H,11,34H2,1H3;1-2H3/b3-2-,18-4-;. The van der Waals surface area contributed by atoms with Crippen LogP contribution in [0.1, 0.15) is 44.7 Å². The SMILES string of the molecule is C/C=C\C=C/CC1(C2=CCC=CC=C2)c2ccccc2-c2ccc(N(c3cccc(-c4cc5ccccc5c5ccccc45)c3)c3c(O)c(O)c(-c4ccccc4)c(O)c3O)cc21.CC. The number of hydrogen-bond acceptors (Lipinski definition) is 5. The van der Waals surface area contributed by atoms with Crippen LogP contribution in [0.4, 0.5) is 17.1 Å². The van der Waals surface area contributed by atoms with Crippen molar-refractivity contribution >= 4 is 38.6 Å². The molecule has 2 aliphatic rings. The molecule has 0 radical (unpaired) electrons. The van der Waals surface area contributed by atoms with Crippen molar-refractivity contribution < 1.29 is 20.4 Å². The van der Waals surface area contributed by atoms with Gasteiger partial charge in [0.2, 0.25) is 0 Å². The molecule has 0 amide bonds. The van der Waals surface area contributed by atoms with Crippen molar-refractivity contribution in [1.29, 1.82) is 0 Å².